The van der Waals surface area contributed by atoms with Crippen LogP contribution in [0.25, 0.3) is 11.3 Å². The molecule has 0 spiro atoms. The molecule has 0 saturated carbocycles. The van der Waals surface area contributed by atoms with Crippen LogP contribution in [0.4, 0.5) is 26.7 Å². The standard InChI is InChI=1S/C30H32F5N5O4/c31-23-8-4-7-22(26(23)32)20-9-10-24(27(41)39(17-20)15-16-44-30(33,34)35)36-28(42)38-13-11-21(12-14-38)40-18-25(37-29(40)43)19-5-2-1-3-6-19/h1-8,18,20-21,24H,9-17H2,(H,36,42)(H,37,43)/t20-,24-/m1/s1. The summed E-state index contributed by atoms with van der Waals surface area (Å²) in [5.41, 5.74) is 1.30. The normalized spacial score (nSPS) is 20.1. The maximum absolute atomic E-state index is 14.6. The molecule has 3 amide bonds. The number of hydrogen-bond acceptors (Lipinski definition) is 4. The number of carbonyl (C=O) groups is 2. The molecule has 3 heterocycles. The van der Waals surface area contributed by atoms with E-state index >= 15 is 0 Å². The lowest BCUT2D eigenvalue weighted by molar-refractivity contribution is -0.324. The Morgan fingerprint density at radius 2 is 1.70 bits per heavy atom. The molecule has 0 radical (unpaired) electrons. The van der Waals surface area contributed by atoms with Gasteiger partial charge in [-0.25, -0.2) is 18.4 Å². The molecular formula is C30H32F5N5O4. The summed E-state index contributed by atoms with van der Waals surface area (Å²) < 4.78 is 71.9. The predicted molar refractivity (Wildman–Crippen MR) is 150 cm³/mol. The first-order chi connectivity index (χ1) is 21.0. The average molecular weight is 622 g/mol. The molecule has 0 bridgehead atoms. The van der Waals surface area contributed by atoms with E-state index in [1.807, 2.05) is 30.3 Å². The number of piperidine rings is 1. The van der Waals surface area contributed by atoms with Crippen molar-refractivity contribution in [3.8, 4) is 11.3 Å². The number of nitrogens with one attached hydrogen (secondary N) is 2. The quantitative estimate of drug-likeness (QED) is 0.371. The van der Waals surface area contributed by atoms with Gasteiger partial charge < -0.3 is 20.1 Å². The van der Waals surface area contributed by atoms with Crippen molar-refractivity contribution < 1.29 is 36.3 Å². The number of benzene rings is 2. The Balaban J connectivity index is 1.24. The van der Waals surface area contributed by atoms with Crippen LogP contribution >= 0.6 is 0 Å². The van der Waals surface area contributed by atoms with Gasteiger partial charge in [-0.05, 0) is 42.9 Å². The van der Waals surface area contributed by atoms with Crippen LogP contribution in [0.1, 0.15) is 43.2 Å². The summed E-state index contributed by atoms with van der Waals surface area (Å²) >= 11 is 0. The number of carbonyl (C=O) groups excluding carboxylic acids is 2. The van der Waals surface area contributed by atoms with E-state index in [1.54, 1.807) is 10.8 Å². The number of nitrogens with zero attached hydrogens (tertiary/aromatic N) is 3. The van der Waals surface area contributed by atoms with E-state index in [9.17, 15) is 36.3 Å². The molecule has 236 valence electrons. The fraction of sp³-hybridized carbons (Fsp3) is 0.433. The lowest BCUT2D eigenvalue weighted by atomic mass is 9.93. The molecule has 2 aliphatic heterocycles. The maximum atomic E-state index is 14.6. The Morgan fingerprint density at radius 3 is 2.41 bits per heavy atom. The van der Waals surface area contributed by atoms with Crippen molar-refractivity contribution in [1.82, 2.24) is 24.7 Å². The number of aromatic nitrogens is 2. The molecule has 2 aliphatic rings. The minimum Gasteiger partial charge on any atom is -0.338 e. The highest BCUT2D eigenvalue weighted by atomic mass is 19.4. The van der Waals surface area contributed by atoms with Gasteiger partial charge in [0.25, 0.3) is 0 Å². The van der Waals surface area contributed by atoms with Crippen LogP contribution in [-0.4, -0.2) is 76.5 Å². The summed E-state index contributed by atoms with van der Waals surface area (Å²) in [6, 6.07) is 11.3. The summed E-state index contributed by atoms with van der Waals surface area (Å²) in [7, 11) is 0. The van der Waals surface area contributed by atoms with Crippen LogP contribution in [0.2, 0.25) is 0 Å². The fourth-order valence-corrected chi connectivity index (χ4v) is 5.89. The van der Waals surface area contributed by atoms with Gasteiger partial charge in [0.15, 0.2) is 11.6 Å². The molecule has 2 fully saturated rings. The summed E-state index contributed by atoms with van der Waals surface area (Å²) in [6.45, 7) is -0.882. The van der Waals surface area contributed by atoms with Gasteiger partial charge in [-0.3, -0.25) is 14.1 Å². The first-order valence-electron chi connectivity index (χ1n) is 14.4. The minimum atomic E-state index is -4.91. The second kappa shape index (κ2) is 13.2. The van der Waals surface area contributed by atoms with Crippen molar-refractivity contribution in [1.29, 1.82) is 0 Å². The Kier molecular flexibility index (Phi) is 9.37. The summed E-state index contributed by atoms with van der Waals surface area (Å²) in [4.78, 5) is 44.7. The zero-order chi connectivity index (χ0) is 31.4. The fourth-order valence-electron chi connectivity index (χ4n) is 5.89. The van der Waals surface area contributed by atoms with Crippen molar-refractivity contribution in [2.24, 2.45) is 0 Å². The van der Waals surface area contributed by atoms with Crippen LogP contribution in [-0.2, 0) is 9.53 Å². The van der Waals surface area contributed by atoms with Gasteiger partial charge in [0.2, 0.25) is 5.91 Å². The molecule has 3 aromatic rings. The molecule has 14 heteroatoms. The van der Waals surface area contributed by atoms with Crippen LogP contribution < -0.4 is 11.0 Å². The molecule has 2 N–H and O–H groups in total. The summed E-state index contributed by atoms with van der Waals surface area (Å²) in [5.74, 6) is -3.50. The molecule has 2 atom stereocenters. The summed E-state index contributed by atoms with van der Waals surface area (Å²) in [6.07, 6.45) is -1.93. The maximum Gasteiger partial charge on any atom is 0.522 e. The number of aromatic amines is 1. The number of likely N-dealkylation sites (tertiary alicyclic amines) is 2. The van der Waals surface area contributed by atoms with Gasteiger partial charge >= 0.3 is 18.1 Å². The first-order valence-corrected chi connectivity index (χ1v) is 14.4. The van der Waals surface area contributed by atoms with E-state index in [4.69, 9.17) is 0 Å². The molecule has 5 rings (SSSR count). The molecule has 2 saturated heterocycles. The van der Waals surface area contributed by atoms with Crippen LogP contribution in [0, 0.1) is 11.6 Å². The van der Waals surface area contributed by atoms with Crippen molar-refractivity contribution in [2.45, 2.75) is 50.0 Å². The van der Waals surface area contributed by atoms with Crippen LogP contribution in [0.5, 0.6) is 0 Å². The van der Waals surface area contributed by atoms with Gasteiger partial charge in [0, 0.05) is 44.3 Å². The van der Waals surface area contributed by atoms with E-state index in [0.29, 0.717) is 31.6 Å². The van der Waals surface area contributed by atoms with E-state index in [-0.39, 0.29) is 36.7 Å². The molecule has 0 unspecified atom stereocenters. The lowest BCUT2D eigenvalue weighted by Crippen LogP contribution is -2.53. The monoisotopic (exact) mass is 621 g/mol. The highest BCUT2D eigenvalue weighted by Crippen LogP contribution is 2.31. The highest BCUT2D eigenvalue weighted by molar-refractivity contribution is 5.87. The van der Waals surface area contributed by atoms with Crippen molar-refractivity contribution in [3.05, 3.63) is 82.4 Å². The third-order valence-corrected chi connectivity index (χ3v) is 8.17. The smallest absolute Gasteiger partial charge is 0.338 e. The SMILES string of the molecule is O=C(N[C@@H]1CC[C@@H](c2cccc(F)c2F)CN(CCOC(F)(F)F)C1=O)N1CCC(n2cc(-c3ccccc3)[nH]c2=O)CC1. The molecule has 9 nitrogen and oxygen atoms in total. The van der Waals surface area contributed by atoms with Gasteiger partial charge in [0.05, 0.1) is 12.3 Å². The number of urea groups is 1. The Morgan fingerprint density at radius 1 is 0.977 bits per heavy atom. The Hall–Kier alpha value is -4.20. The lowest BCUT2D eigenvalue weighted by Gasteiger charge is -2.33. The number of imidazole rings is 1. The molecular weight excluding hydrogens is 589 g/mol. The molecule has 1 aromatic heterocycles. The average Bonchev–Trinajstić information content (AvgIpc) is 3.33. The molecule has 44 heavy (non-hydrogen) atoms. The number of H-pyrrole nitrogens is 1. The van der Waals surface area contributed by atoms with Gasteiger partial charge in [-0.2, -0.15) is 0 Å². The van der Waals surface area contributed by atoms with Gasteiger partial charge in [-0.1, -0.05) is 42.5 Å². The van der Waals surface area contributed by atoms with Crippen molar-refractivity contribution in [2.75, 3.05) is 32.8 Å². The van der Waals surface area contributed by atoms with Crippen LogP contribution in [0.15, 0.2) is 59.5 Å². The number of hydrogen-bond donors (Lipinski definition) is 2. The van der Waals surface area contributed by atoms with Gasteiger partial charge in [0.1, 0.15) is 6.04 Å². The zero-order valence-corrected chi connectivity index (χ0v) is 23.7. The van der Waals surface area contributed by atoms with E-state index in [0.717, 1.165) is 16.5 Å². The number of rotatable bonds is 7. The van der Waals surface area contributed by atoms with Gasteiger partial charge in [-0.15, -0.1) is 13.2 Å². The predicted octanol–water partition coefficient (Wildman–Crippen LogP) is 4.78. The number of amides is 3. The molecule has 2 aromatic carbocycles. The minimum absolute atomic E-state index is 0.00371. The van der Waals surface area contributed by atoms with E-state index in [2.05, 4.69) is 15.0 Å². The topological polar surface area (TPSA) is 99.7 Å². The second-order valence-corrected chi connectivity index (χ2v) is 11.0. The molecule has 0 aliphatic carbocycles. The zero-order valence-electron chi connectivity index (χ0n) is 23.7. The van der Waals surface area contributed by atoms with Crippen molar-refractivity contribution >= 4 is 11.9 Å². The third kappa shape index (κ3) is 7.29. The number of halogens is 5. The third-order valence-electron chi connectivity index (χ3n) is 8.17. The van der Waals surface area contributed by atoms with Crippen molar-refractivity contribution in [3.63, 3.8) is 0 Å². The first kappa shape index (κ1) is 31.2. The van der Waals surface area contributed by atoms with E-state index < -0.39 is 55.0 Å². The largest absolute Gasteiger partial charge is 0.522 e. The summed E-state index contributed by atoms with van der Waals surface area (Å²) in [5, 5.41) is 2.69. The highest BCUT2D eigenvalue weighted by Gasteiger charge is 2.36. The Labute approximate surface area is 249 Å². The van der Waals surface area contributed by atoms with Crippen LogP contribution in [0.3, 0.4) is 0 Å². The number of alkyl halides is 3. The van der Waals surface area contributed by atoms with E-state index in [1.165, 1.54) is 17.0 Å². The number of ether oxygens (including phenoxy) is 1. The Bertz CT molecular complexity index is 1520. The second-order valence-electron chi connectivity index (χ2n) is 11.0.